The highest BCUT2D eigenvalue weighted by Gasteiger charge is 2.28. The van der Waals surface area contributed by atoms with Crippen LogP contribution in [-0.2, 0) is 0 Å². The largest absolute Gasteiger partial charge is 0.350 e. The minimum atomic E-state index is -0.360. The van der Waals surface area contributed by atoms with Crippen LogP contribution >= 0.6 is 0 Å². The summed E-state index contributed by atoms with van der Waals surface area (Å²) in [6, 6.07) is 7.59. The van der Waals surface area contributed by atoms with Crippen molar-refractivity contribution in [2.45, 2.75) is 18.8 Å². The molecule has 0 aliphatic carbocycles. The maximum atomic E-state index is 13.4. The van der Waals surface area contributed by atoms with E-state index in [2.05, 4.69) is 15.1 Å². The van der Waals surface area contributed by atoms with Gasteiger partial charge in [-0.25, -0.2) is 4.39 Å². The summed E-state index contributed by atoms with van der Waals surface area (Å²) in [5.74, 6) is -0.258. The zero-order valence-electron chi connectivity index (χ0n) is 14.0. The average molecular weight is 352 g/mol. The lowest BCUT2D eigenvalue weighted by molar-refractivity contribution is 0.0664. The molecule has 7 heteroatoms. The van der Waals surface area contributed by atoms with Gasteiger partial charge in [-0.2, -0.15) is 0 Å². The Balaban J connectivity index is 1.51. The Hall–Kier alpha value is -3.09. The Kier molecular flexibility index (Phi) is 4.43. The van der Waals surface area contributed by atoms with Gasteiger partial charge in [-0.3, -0.25) is 14.8 Å². The van der Waals surface area contributed by atoms with Crippen LogP contribution in [0.25, 0.3) is 11.3 Å². The average Bonchev–Trinajstić information content (AvgIpc) is 3.18. The molecule has 0 bridgehead atoms. The molecule has 0 radical (unpaired) electrons. The third kappa shape index (κ3) is 3.33. The molecule has 1 atom stereocenters. The van der Waals surface area contributed by atoms with Crippen LogP contribution in [0, 0.1) is 5.82 Å². The predicted molar refractivity (Wildman–Crippen MR) is 91.8 cm³/mol. The first-order chi connectivity index (χ1) is 12.7. The molecule has 0 saturated carbocycles. The highest BCUT2D eigenvalue weighted by Crippen LogP contribution is 2.27. The van der Waals surface area contributed by atoms with Crippen LogP contribution in [0.1, 0.15) is 35.0 Å². The van der Waals surface area contributed by atoms with Crippen LogP contribution in [0.15, 0.2) is 53.4 Å². The van der Waals surface area contributed by atoms with Crippen molar-refractivity contribution in [3.8, 4) is 11.3 Å². The molecule has 1 amide bonds. The molecule has 1 aromatic carbocycles. The van der Waals surface area contributed by atoms with Gasteiger partial charge in [0.2, 0.25) is 5.76 Å². The first-order valence-electron chi connectivity index (χ1n) is 8.48. The number of aromatic nitrogens is 3. The van der Waals surface area contributed by atoms with Crippen LogP contribution in [0.3, 0.4) is 0 Å². The first kappa shape index (κ1) is 16.4. The molecule has 4 rings (SSSR count). The van der Waals surface area contributed by atoms with Crippen molar-refractivity contribution in [2.24, 2.45) is 0 Å². The van der Waals surface area contributed by atoms with E-state index in [1.807, 2.05) is 0 Å². The zero-order valence-corrected chi connectivity index (χ0v) is 14.0. The van der Waals surface area contributed by atoms with E-state index in [0.717, 1.165) is 18.5 Å². The van der Waals surface area contributed by atoms with E-state index in [1.54, 1.807) is 41.7 Å². The molecule has 0 N–H and O–H groups in total. The summed E-state index contributed by atoms with van der Waals surface area (Å²) >= 11 is 0. The molecule has 3 heterocycles. The van der Waals surface area contributed by atoms with E-state index < -0.39 is 0 Å². The Bertz CT molecular complexity index is 913. The fraction of sp³-hybridized carbons (Fsp3) is 0.263. The van der Waals surface area contributed by atoms with Crippen LogP contribution in [0.5, 0.6) is 0 Å². The highest BCUT2D eigenvalue weighted by molar-refractivity contribution is 5.92. The lowest BCUT2D eigenvalue weighted by Gasteiger charge is -2.31. The number of likely N-dealkylation sites (tertiary alicyclic amines) is 1. The third-order valence-corrected chi connectivity index (χ3v) is 4.55. The molecule has 0 spiro atoms. The highest BCUT2D eigenvalue weighted by atomic mass is 19.1. The van der Waals surface area contributed by atoms with Crippen molar-refractivity contribution < 1.29 is 13.7 Å². The van der Waals surface area contributed by atoms with Gasteiger partial charge in [-0.1, -0.05) is 17.3 Å². The van der Waals surface area contributed by atoms with Gasteiger partial charge in [-0.15, -0.1) is 0 Å². The standard InChI is InChI=1S/C19H17FN4O2/c20-15-5-1-3-13(9-15)16-10-18(26-23-16)19(25)24-8-2-4-14(12-24)17-11-21-6-7-22-17/h1,3,5-7,9-11,14H,2,4,8,12H2/t14-/m1/s1. The summed E-state index contributed by atoms with van der Waals surface area (Å²) in [7, 11) is 0. The number of carbonyl (C=O) groups is 1. The first-order valence-corrected chi connectivity index (χ1v) is 8.48. The SMILES string of the molecule is O=C(c1cc(-c2cccc(F)c2)no1)N1CCC[C@@H](c2cnccn2)C1. The van der Waals surface area contributed by atoms with Crippen molar-refractivity contribution >= 4 is 5.91 Å². The summed E-state index contributed by atoms with van der Waals surface area (Å²) in [5, 5.41) is 3.91. The van der Waals surface area contributed by atoms with E-state index >= 15 is 0 Å². The molecule has 3 aromatic rings. The van der Waals surface area contributed by atoms with E-state index in [1.165, 1.54) is 12.1 Å². The summed E-state index contributed by atoms with van der Waals surface area (Å²) < 4.78 is 18.6. The number of benzene rings is 1. The van der Waals surface area contributed by atoms with Crippen LogP contribution in [0.2, 0.25) is 0 Å². The number of halogens is 1. The number of carbonyl (C=O) groups excluding carboxylic acids is 1. The van der Waals surface area contributed by atoms with Gasteiger partial charge >= 0.3 is 0 Å². The predicted octanol–water partition coefficient (Wildman–Crippen LogP) is 3.29. The molecule has 0 unspecified atom stereocenters. The van der Waals surface area contributed by atoms with E-state index in [-0.39, 0.29) is 23.4 Å². The van der Waals surface area contributed by atoms with Gasteiger partial charge in [0.05, 0.1) is 5.69 Å². The van der Waals surface area contributed by atoms with Crippen molar-refractivity contribution in [3.63, 3.8) is 0 Å². The van der Waals surface area contributed by atoms with Gasteiger partial charge in [0.25, 0.3) is 5.91 Å². The van der Waals surface area contributed by atoms with Crippen molar-refractivity contribution in [3.05, 3.63) is 66.2 Å². The maximum absolute atomic E-state index is 13.4. The molecule has 2 aromatic heterocycles. The Morgan fingerprint density at radius 2 is 2.19 bits per heavy atom. The Morgan fingerprint density at radius 3 is 3.00 bits per heavy atom. The number of hydrogen-bond donors (Lipinski definition) is 0. The molecule has 1 aliphatic rings. The van der Waals surface area contributed by atoms with Gasteiger partial charge in [0.15, 0.2) is 0 Å². The lowest BCUT2D eigenvalue weighted by atomic mass is 9.95. The Morgan fingerprint density at radius 1 is 1.27 bits per heavy atom. The second-order valence-electron chi connectivity index (χ2n) is 6.31. The Labute approximate surface area is 149 Å². The van der Waals surface area contributed by atoms with Crippen LogP contribution in [-0.4, -0.2) is 39.0 Å². The third-order valence-electron chi connectivity index (χ3n) is 4.55. The number of rotatable bonds is 3. The van der Waals surface area contributed by atoms with Gasteiger partial charge < -0.3 is 9.42 Å². The molecule has 132 valence electrons. The van der Waals surface area contributed by atoms with Gasteiger partial charge in [-0.05, 0) is 25.0 Å². The minimum Gasteiger partial charge on any atom is -0.350 e. The van der Waals surface area contributed by atoms with Gasteiger partial charge in [0.1, 0.15) is 11.5 Å². The minimum absolute atomic E-state index is 0.157. The summed E-state index contributed by atoms with van der Waals surface area (Å²) in [5.41, 5.74) is 1.90. The summed E-state index contributed by atoms with van der Waals surface area (Å²) in [4.78, 5) is 23.0. The molecule has 1 aliphatic heterocycles. The number of nitrogens with zero attached hydrogens (tertiary/aromatic N) is 4. The van der Waals surface area contributed by atoms with E-state index in [0.29, 0.717) is 24.3 Å². The number of piperidine rings is 1. The van der Waals surface area contributed by atoms with Crippen molar-refractivity contribution in [1.82, 2.24) is 20.0 Å². The molecule has 1 saturated heterocycles. The van der Waals surface area contributed by atoms with E-state index in [9.17, 15) is 9.18 Å². The number of hydrogen-bond acceptors (Lipinski definition) is 5. The van der Waals surface area contributed by atoms with Crippen molar-refractivity contribution in [1.29, 1.82) is 0 Å². The van der Waals surface area contributed by atoms with E-state index in [4.69, 9.17) is 4.52 Å². The zero-order chi connectivity index (χ0) is 17.9. The second-order valence-corrected chi connectivity index (χ2v) is 6.31. The second kappa shape index (κ2) is 7.03. The monoisotopic (exact) mass is 352 g/mol. The lowest BCUT2D eigenvalue weighted by Crippen LogP contribution is -2.39. The summed E-state index contributed by atoms with van der Waals surface area (Å²) in [6.07, 6.45) is 6.90. The van der Waals surface area contributed by atoms with Crippen LogP contribution < -0.4 is 0 Å². The fourth-order valence-corrected chi connectivity index (χ4v) is 3.24. The maximum Gasteiger partial charge on any atom is 0.292 e. The smallest absolute Gasteiger partial charge is 0.292 e. The number of amides is 1. The molecule has 26 heavy (non-hydrogen) atoms. The van der Waals surface area contributed by atoms with Crippen LogP contribution in [0.4, 0.5) is 4.39 Å². The van der Waals surface area contributed by atoms with Crippen molar-refractivity contribution in [2.75, 3.05) is 13.1 Å². The van der Waals surface area contributed by atoms with Gasteiger partial charge in [0, 0.05) is 49.2 Å². The fourth-order valence-electron chi connectivity index (χ4n) is 3.24. The molecule has 1 fully saturated rings. The quantitative estimate of drug-likeness (QED) is 0.723. The molecule has 6 nitrogen and oxygen atoms in total. The molecular weight excluding hydrogens is 335 g/mol. The molecular formula is C19H17FN4O2. The topological polar surface area (TPSA) is 72.1 Å². The normalized spacial score (nSPS) is 17.3. The summed E-state index contributed by atoms with van der Waals surface area (Å²) in [6.45, 7) is 1.22.